The molecule has 0 bridgehead atoms. The normalized spacial score (nSPS) is 10.5. The molecule has 116 valence electrons. The van der Waals surface area contributed by atoms with Gasteiger partial charge in [0.05, 0.1) is 0 Å². The van der Waals surface area contributed by atoms with E-state index in [1.165, 1.54) is 5.56 Å². The predicted molar refractivity (Wildman–Crippen MR) is 91.8 cm³/mol. The molecule has 3 nitrogen and oxygen atoms in total. The summed E-state index contributed by atoms with van der Waals surface area (Å²) in [5, 5.41) is 2.85. The van der Waals surface area contributed by atoms with Crippen LogP contribution in [0.1, 0.15) is 45.4 Å². The Hall–Kier alpha value is -1.94. The molecule has 0 aliphatic rings. The molecule has 0 fully saturated rings. The van der Waals surface area contributed by atoms with Crippen LogP contribution in [0.15, 0.2) is 30.3 Å². The number of rotatable bonds is 6. The van der Waals surface area contributed by atoms with Crippen molar-refractivity contribution in [1.82, 2.24) is 0 Å². The number of carbonyl (C=O) groups excluding carboxylic acids is 2. The minimum absolute atomic E-state index is 0.0410. The molecule has 1 aromatic carbocycles. The summed E-state index contributed by atoms with van der Waals surface area (Å²) in [6.07, 6.45) is 1.39. The Balaban J connectivity index is 1.90. The molecule has 22 heavy (non-hydrogen) atoms. The van der Waals surface area contributed by atoms with Crippen molar-refractivity contribution in [3.05, 3.63) is 51.2 Å². The van der Waals surface area contributed by atoms with Crippen molar-refractivity contribution in [1.29, 1.82) is 0 Å². The molecular formula is C18H21NO2S. The molecule has 4 heteroatoms. The zero-order chi connectivity index (χ0) is 16.1. The van der Waals surface area contributed by atoms with Crippen molar-refractivity contribution < 1.29 is 9.59 Å². The Kier molecular flexibility index (Phi) is 5.50. The molecule has 0 aliphatic carbocycles. The van der Waals surface area contributed by atoms with E-state index in [9.17, 15) is 9.59 Å². The number of hydrogen-bond donors (Lipinski definition) is 1. The summed E-state index contributed by atoms with van der Waals surface area (Å²) in [6.45, 7) is 6.01. The van der Waals surface area contributed by atoms with Crippen LogP contribution in [0.4, 0.5) is 5.69 Å². The van der Waals surface area contributed by atoms with Gasteiger partial charge in [-0.05, 0) is 44.0 Å². The fourth-order valence-corrected chi connectivity index (χ4v) is 3.30. The molecular weight excluding hydrogens is 294 g/mol. The topological polar surface area (TPSA) is 46.2 Å². The van der Waals surface area contributed by atoms with Crippen LogP contribution in [0.25, 0.3) is 0 Å². The monoisotopic (exact) mass is 315 g/mol. The lowest BCUT2D eigenvalue weighted by molar-refractivity contribution is -0.116. The number of amides is 1. The van der Waals surface area contributed by atoms with Crippen LogP contribution in [0.5, 0.6) is 0 Å². The number of thiophene rings is 1. The molecule has 0 radical (unpaired) electrons. The van der Waals surface area contributed by atoms with Gasteiger partial charge in [0.25, 0.3) is 0 Å². The van der Waals surface area contributed by atoms with E-state index in [-0.39, 0.29) is 24.5 Å². The summed E-state index contributed by atoms with van der Waals surface area (Å²) in [5.41, 5.74) is 2.72. The minimum Gasteiger partial charge on any atom is -0.326 e. The summed E-state index contributed by atoms with van der Waals surface area (Å²) in [5.74, 6) is -0.0782. The van der Waals surface area contributed by atoms with Crippen LogP contribution in [-0.2, 0) is 11.2 Å². The van der Waals surface area contributed by atoms with E-state index < -0.39 is 0 Å². The van der Waals surface area contributed by atoms with Crippen LogP contribution in [0, 0.1) is 13.8 Å². The maximum Gasteiger partial charge on any atom is 0.224 e. The van der Waals surface area contributed by atoms with Crippen LogP contribution >= 0.6 is 11.3 Å². The van der Waals surface area contributed by atoms with Gasteiger partial charge in [-0.2, -0.15) is 0 Å². The molecule has 0 atom stereocenters. The van der Waals surface area contributed by atoms with Crippen molar-refractivity contribution in [2.24, 2.45) is 0 Å². The van der Waals surface area contributed by atoms with Crippen molar-refractivity contribution in [3.8, 4) is 0 Å². The maximum atomic E-state index is 12.2. The summed E-state index contributed by atoms with van der Waals surface area (Å²) >= 11 is 1.62. The largest absolute Gasteiger partial charge is 0.326 e. The number of ketones is 1. The highest BCUT2D eigenvalue weighted by molar-refractivity contribution is 7.12. The van der Waals surface area contributed by atoms with Crippen LogP contribution in [0.2, 0.25) is 0 Å². The number of benzene rings is 1. The molecule has 0 saturated carbocycles. The third-order valence-electron chi connectivity index (χ3n) is 3.54. The zero-order valence-electron chi connectivity index (χ0n) is 13.2. The van der Waals surface area contributed by atoms with Gasteiger partial charge >= 0.3 is 0 Å². The van der Waals surface area contributed by atoms with E-state index in [4.69, 9.17) is 0 Å². The molecule has 2 aromatic rings. The van der Waals surface area contributed by atoms with E-state index in [0.29, 0.717) is 0 Å². The quantitative estimate of drug-likeness (QED) is 0.796. The summed E-state index contributed by atoms with van der Waals surface area (Å²) < 4.78 is 0. The van der Waals surface area contributed by atoms with Gasteiger partial charge in [0.2, 0.25) is 5.91 Å². The van der Waals surface area contributed by atoms with Gasteiger partial charge in [0.15, 0.2) is 5.78 Å². The molecule has 0 saturated heterocycles. The van der Waals surface area contributed by atoms with Crippen molar-refractivity contribution in [3.63, 3.8) is 0 Å². The minimum atomic E-state index is -0.119. The zero-order valence-corrected chi connectivity index (χ0v) is 14.0. The van der Waals surface area contributed by atoms with E-state index in [1.54, 1.807) is 11.3 Å². The summed E-state index contributed by atoms with van der Waals surface area (Å²) in [6, 6.07) is 9.69. The molecule has 2 rings (SSSR count). The highest BCUT2D eigenvalue weighted by Crippen LogP contribution is 2.22. The van der Waals surface area contributed by atoms with Gasteiger partial charge < -0.3 is 5.32 Å². The summed E-state index contributed by atoms with van der Waals surface area (Å²) in [7, 11) is 0. The van der Waals surface area contributed by atoms with Crippen LogP contribution < -0.4 is 5.32 Å². The number of aryl methyl sites for hydroxylation is 3. The molecule has 1 aromatic heterocycles. The summed E-state index contributed by atoms with van der Waals surface area (Å²) in [4.78, 5) is 26.3. The van der Waals surface area contributed by atoms with E-state index in [0.717, 1.165) is 27.4 Å². The lowest BCUT2D eigenvalue weighted by Crippen LogP contribution is -2.13. The molecule has 0 unspecified atom stereocenters. The average Bonchev–Trinajstić information content (AvgIpc) is 2.83. The second kappa shape index (κ2) is 7.36. The predicted octanol–water partition coefficient (Wildman–Crippen LogP) is 4.53. The van der Waals surface area contributed by atoms with Gasteiger partial charge in [-0.25, -0.2) is 0 Å². The number of carbonyl (C=O) groups is 2. The first-order valence-electron chi connectivity index (χ1n) is 7.48. The van der Waals surface area contributed by atoms with Crippen LogP contribution in [0.3, 0.4) is 0 Å². The number of anilines is 1. The molecule has 1 amide bonds. The molecule has 0 spiro atoms. The van der Waals surface area contributed by atoms with Gasteiger partial charge in [0.1, 0.15) is 0 Å². The second-order valence-corrected chi connectivity index (χ2v) is 6.81. The second-order valence-electron chi connectivity index (χ2n) is 5.35. The first-order valence-corrected chi connectivity index (χ1v) is 8.30. The Morgan fingerprint density at radius 2 is 1.91 bits per heavy atom. The fraction of sp³-hybridized carbons (Fsp3) is 0.333. The van der Waals surface area contributed by atoms with E-state index in [1.807, 2.05) is 44.2 Å². The number of hydrogen-bond acceptors (Lipinski definition) is 3. The van der Waals surface area contributed by atoms with Gasteiger partial charge in [-0.3, -0.25) is 9.59 Å². The maximum absolute atomic E-state index is 12.2. The third-order valence-corrected chi connectivity index (χ3v) is 4.51. The van der Waals surface area contributed by atoms with Crippen LogP contribution in [-0.4, -0.2) is 11.7 Å². The molecule has 1 N–H and O–H groups in total. The number of nitrogens with one attached hydrogen (secondary N) is 1. The number of Topliss-reactive ketones (excluding diaryl/α,β-unsaturated/α-hetero) is 1. The van der Waals surface area contributed by atoms with Crippen molar-refractivity contribution in [2.75, 3.05) is 5.32 Å². The van der Waals surface area contributed by atoms with E-state index >= 15 is 0 Å². The standard InChI is InChI=1S/C18H21NO2S/c1-4-14-6-5-7-15(11-14)19-18(21)9-8-17(20)16-10-12(2)22-13(16)3/h5-7,10-11H,4,8-9H2,1-3H3,(H,19,21). The SMILES string of the molecule is CCc1cccc(NC(=O)CCC(=O)c2cc(C)sc2C)c1. The highest BCUT2D eigenvalue weighted by Gasteiger charge is 2.13. The Morgan fingerprint density at radius 3 is 2.55 bits per heavy atom. The first-order chi connectivity index (χ1) is 10.5. The average molecular weight is 315 g/mol. The molecule has 0 aliphatic heterocycles. The fourth-order valence-electron chi connectivity index (χ4n) is 2.36. The highest BCUT2D eigenvalue weighted by atomic mass is 32.1. The van der Waals surface area contributed by atoms with Crippen molar-refractivity contribution >= 4 is 28.7 Å². The lowest BCUT2D eigenvalue weighted by Gasteiger charge is -2.06. The van der Waals surface area contributed by atoms with Gasteiger partial charge in [0, 0.05) is 33.8 Å². The molecule has 1 heterocycles. The first kappa shape index (κ1) is 16.4. The Labute approximate surface area is 135 Å². The van der Waals surface area contributed by atoms with Gasteiger partial charge in [-0.15, -0.1) is 11.3 Å². The third kappa shape index (κ3) is 4.28. The van der Waals surface area contributed by atoms with Gasteiger partial charge in [-0.1, -0.05) is 19.1 Å². The van der Waals surface area contributed by atoms with Crippen molar-refractivity contribution in [2.45, 2.75) is 40.0 Å². The lowest BCUT2D eigenvalue weighted by atomic mass is 10.1. The smallest absolute Gasteiger partial charge is 0.224 e. The Bertz CT molecular complexity index is 688. The Morgan fingerprint density at radius 1 is 1.14 bits per heavy atom. The van der Waals surface area contributed by atoms with E-state index in [2.05, 4.69) is 12.2 Å².